The van der Waals surface area contributed by atoms with Crippen molar-refractivity contribution in [2.75, 3.05) is 6.54 Å². The van der Waals surface area contributed by atoms with Gasteiger partial charge in [0.1, 0.15) is 17.3 Å². The molecule has 0 aromatic heterocycles. The SMILES string of the molecule is CCNCc1cc(Cl)ccc1Oc1ccc(F)cc1Cl. The van der Waals surface area contributed by atoms with Crippen LogP contribution in [0.5, 0.6) is 11.5 Å². The maximum atomic E-state index is 13.0. The van der Waals surface area contributed by atoms with E-state index >= 15 is 0 Å². The Morgan fingerprint density at radius 3 is 2.55 bits per heavy atom. The Morgan fingerprint density at radius 2 is 1.85 bits per heavy atom. The lowest BCUT2D eigenvalue weighted by atomic mass is 10.2. The summed E-state index contributed by atoms with van der Waals surface area (Å²) in [4.78, 5) is 0. The van der Waals surface area contributed by atoms with Gasteiger partial charge in [0.15, 0.2) is 0 Å². The molecule has 0 amide bonds. The summed E-state index contributed by atoms with van der Waals surface area (Å²) in [5, 5.41) is 4.08. The number of nitrogens with one attached hydrogen (secondary N) is 1. The minimum absolute atomic E-state index is 0.231. The van der Waals surface area contributed by atoms with Crippen molar-refractivity contribution in [1.29, 1.82) is 0 Å². The zero-order valence-electron chi connectivity index (χ0n) is 10.9. The van der Waals surface area contributed by atoms with Gasteiger partial charge in [-0.2, -0.15) is 0 Å². The van der Waals surface area contributed by atoms with E-state index in [9.17, 15) is 4.39 Å². The second-order valence-corrected chi connectivity index (χ2v) is 5.05. The zero-order valence-corrected chi connectivity index (χ0v) is 12.4. The highest BCUT2D eigenvalue weighted by molar-refractivity contribution is 6.32. The Hall–Kier alpha value is -1.29. The molecule has 0 aliphatic carbocycles. The fourth-order valence-electron chi connectivity index (χ4n) is 1.72. The van der Waals surface area contributed by atoms with Crippen molar-refractivity contribution in [2.24, 2.45) is 0 Å². The number of hydrogen-bond acceptors (Lipinski definition) is 2. The molecule has 0 aliphatic heterocycles. The van der Waals surface area contributed by atoms with Crippen LogP contribution in [-0.2, 0) is 6.54 Å². The van der Waals surface area contributed by atoms with Gasteiger partial charge in [0.05, 0.1) is 5.02 Å². The molecule has 0 unspecified atom stereocenters. The summed E-state index contributed by atoms with van der Waals surface area (Å²) in [5.41, 5.74) is 0.916. The molecular weight excluding hydrogens is 300 g/mol. The number of hydrogen-bond donors (Lipinski definition) is 1. The predicted octanol–water partition coefficient (Wildman–Crippen LogP) is 5.03. The molecule has 0 saturated carbocycles. The second kappa shape index (κ2) is 6.93. The molecular formula is C15H14Cl2FNO. The van der Waals surface area contributed by atoms with Crippen molar-refractivity contribution in [1.82, 2.24) is 5.32 Å². The summed E-state index contributed by atoms with van der Waals surface area (Å²) < 4.78 is 18.8. The topological polar surface area (TPSA) is 21.3 Å². The van der Waals surface area contributed by atoms with Crippen LogP contribution < -0.4 is 10.1 Å². The van der Waals surface area contributed by atoms with Crippen molar-refractivity contribution in [3.8, 4) is 11.5 Å². The van der Waals surface area contributed by atoms with Crippen LogP contribution in [0.2, 0.25) is 10.0 Å². The van der Waals surface area contributed by atoms with Gasteiger partial charge in [-0.1, -0.05) is 30.1 Å². The molecule has 20 heavy (non-hydrogen) atoms. The van der Waals surface area contributed by atoms with E-state index < -0.39 is 5.82 Å². The van der Waals surface area contributed by atoms with Gasteiger partial charge in [0.2, 0.25) is 0 Å². The van der Waals surface area contributed by atoms with E-state index in [2.05, 4.69) is 5.32 Å². The lowest BCUT2D eigenvalue weighted by Gasteiger charge is -2.13. The summed E-state index contributed by atoms with van der Waals surface area (Å²) in [7, 11) is 0. The van der Waals surface area contributed by atoms with Crippen LogP contribution >= 0.6 is 23.2 Å². The molecule has 5 heteroatoms. The van der Waals surface area contributed by atoms with Crippen molar-refractivity contribution >= 4 is 23.2 Å². The molecule has 0 spiro atoms. The Labute approximate surface area is 127 Å². The molecule has 0 saturated heterocycles. The standard InChI is InChI=1S/C15H14Cl2FNO/c1-2-19-9-10-7-11(16)3-5-14(10)20-15-6-4-12(18)8-13(15)17/h3-8,19H,2,9H2,1H3. The van der Waals surface area contributed by atoms with Gasteiger partial charge in [-0.3, -0.25) is 0 Å². The monoisotopic (exact) mass is 313 g/mol. The van der Waals surface area contributed by atoms with E-state index in [4.69, 9.17) is 27.9 Å². The summed E-state index contributed by atoms with van der Waals surface area (Å²) in [6, 6.07) is 9.37. The van der Waals surface area contributed by atoms with Crippen LogP contribution in [0.1, 0.15) is 12.5 Å². The van der Waals surface area contributed by atoms with E-state index in [-0.39, 0.29) is 5.02 Å². The third-order valence-electron chi connectivity index (χ3n) is 2.70. The third-order valence-corrected chi connectivity index (χ3v) is 3.23. The molecule has 0 fully saturated rings. The average Bonchev–Trinajstić information content (AvgIpc) is 2.41. The lowest BCUT2D eigenvalue weighted by molar-refractivity contribution is 0.471. The predicted molar refractivity (Wildman–Crippen MR) is 80.3 cm³/mol. The number of rotatable bonds is 5. The first-order chi connectivity index (χ1) is 9.60. The highest BCUT2D eigenvalue weighted by Gasteiger charge is 2.09. The first-order valence-corrected chi connectivity index (χ1v) is 6.97. The maximum absolute atomic E-state index is 13.0. The fraction of sp³-hybridized carbons (Fsp3) is 0.200. The van der Waals surface area contributed by atoms with Crippen LogP contribution in [0.15, 0.2) is 36.4 Å². The van der Waals surface area contributed by atoms with E-state index in [1.807, 2.05) is 13.0 Å². The smallest absolute Gasteiger partial charge is 0.146 e. The molecule has 0 bridgehead atoms. The van der Waals surface area contributed by atoms with E-state index in [1.54, 1.807) is 12.1 Å². The highest BCUT2D eigenvalue weighted by Crippen LogP contribution is 2.32. The van der Waals surface area contributed by atoms with Gasteiger partial charge in [0, 0.05) is 17.1 Å². The molecule has 106 valence electrons. The normalized spacial score (nSPS) is 10.6. The highest BCUT2D eigenvalue weighted by atomic mass is 35.5. The quantitative estimate of drug-likeness (QED) is 0.835. The molecule has 1 N–H and O–H groups in total. The van der Waals surface area contributed by atoms with E-state index in [0.29, 0.717) is 23.1 Å². The van der Waals surface area contributed by atoms with Gasteiger partial charge < -0.3 is 10.1 Å². The van der Waals surface area contributed by atoms with Crippen molar-refractivity contribution in [2.45, 2.75) is 13.5 Å². The fourth-order valence-corrected chi connectivity index (χ4v) is 2.12. The van der Waals surface area contributed by atoms with Gasteiger partial charge in [-0.05, 0) is 42.9 Å². The zero-order chi connectivity index (χ0) is 14.5. The maximum Gasteiger partial charge on any atom is 0.146 e. The summed E-state index contributed by atoms with van der Waals surface area (Å²) in [5.74, 6) is 0.656. The minimum Gasteiger partial charge on any atom is -0.455 e. The lowest BCUT2D eigenvalue weighted by Crippen LogP contribution is -2.12. The van der Waals surface area contributed by atoms with Crippen molar-refractivity contribution < 1.29 is 9.13 Å². The van der Waals surface area contributed by atoms with Crippen molar-refractivity contribution in [3.63, 3.8) is 0 Å². The Kier molecular flexibility index (Phi) is 5.24. The Bertz CT molecular complexity index is 604. The van der Waals surface area contributed by atoms with Crippen LogP contribution in [0.25, 0.3) is 0 Å². The summed E-state index contributed by atoms with van der Waals surface area (Å²) in [6.07, 6.45) is 0. The minimum atomic E-state index is -0.397. The van der Waals surface area contributed by atoms with Gasteiger partial charge in [-0.15, -0.1) is 0 Å². The van der Waals surface area contributed by atoms with Crippen LogP contribution in [0.3, 0.4) is 0 Å². The van der Waals surface area contributed by atoms with E-state index in [1.165, 1.54) is 18.2 Å². The summed E-state index contributed by atoms with van der Waals surface area (Å²) in [6.45, 7) is 3.48. The largest absolute Gasteiger partial charge is 0.455 e. The first kappa shape index (κ1) is 15.1. The van der Waals surface area contributed by atoms with Crippen molar-refractivity contribution in [3.05, 3.63) is 57.8 Å². The first-order valence-electron chi connectivity index (χ1n) is 6.22. The van der Waals surface area contributed by atoms with Crippen LogP contribution in [0.4, 0.5) is 4.39 Å². The molecule has 2 rings (SSSR count). The third kappa shape index (κ3) is 3.85. The number of halogens is 3. The number of ether oxygens (including phenoxy) is 1. The molecule has 0 aliphatic rings. The summed E-state index contributed by atoms with van der Waals surface area (Å²) >= 11 is 12.0. The van der Waals surface area contributed by atoms with Gasteiger partial charge >= 0.3 is 0 Å². The van der Waals surface area contributed by atoms with Gasteiger partial charge in [-0.25, -0.2) is 4.39 Å². The van der Waals surface area contributed by atoms with Crippen LogP contribution in [0, 0.1) is 5.82 Å². The average molecular weight is 314 g/mol. The van der Waals surface area contributed by atoms with Gasteiger partial charge in [0.25, 0.3) is 0 Å². The Morgan fingerprint density at radius 1 is 1.10 bits per heavy atom. The molecule has 0 heterocycles. The molecule has 0 atom stereocenters. The molecule has 2 aromatic rings. The molecule has 2 nitrogen and oxygen atoms in total. The Balaban J connectivity index is 2.27. The molecule has 0 radical (unpaired) electrons. The van der Waals surface area contributed by atoms with Crippen LogP contribution in [-0.4, -0.2) is 6.54 Å². The van der Waals surface area contributed by atoms with E-state index in [0.717, 1.165) is 12.1 Å². The second-order valence-electron chi connectivity index (χ2n) is 4.21. The number of benzene rings is 2. The molecule has 2 aromatic carbocycles.